The van der Waals surface area contributed by atoms with Crippen LogP contribution >= 0.6 is 0 Å². The molecule has 1 aromatic carbocycles. The predicted octanol–water partition coefficient (Wildman–Crippen LogP) is 0.506. The van der Waals surface area contributed by atoms with Crippen LogP contribution in [0.1, 0.15) is 25.3 Å². The quantitative estimate of drug-likeness (QED) is 0.757. The van der Waals surface area contributed by atoms with Crippen LogP contribution in [0.25, 0.3) is 0 Å². The van der Waals surface area contributed by atoms with Crippen LogP contribution in [-0.4, -0.2) is 12.9 Å². The molecule has 1 aliphatic heterocycles. The molecule has 0 radical (unpaired) electrons. The Balaban J connectivity index is 2.75. The minimum Gasteiger partial charge on any atom is -0.496 e. The molecule has 0 spiro atoms. The van der Waals surface area contributed by atoms with Crippen LogP contribution < -0.4 is 21.2 Å². The van der Waals surface area contributed by atoms with Crippen molar-refractivity contribution in [1.29, 1.82) is 5.26 Å². The second kappa shape index (κ2) is 6.35. The van der Waals surface area contributed by atoms with E-state index < -0.39 is 0 Å². The third kappa shape index (κ3) is 2.56. The van der Waals surface area contributed by atoms with Crippen LogP contribution in [0.5, 0.6) is 5.75 Å². The number of hydrogen-bond donors (Lipinski definition) is 3. The zero-order valence-electron chi connectivity index (χ0n) is 13.1. The first-order chi connectivity index (χ1) is 10.5. The maximum absolute atomic E-state index is 9.70. The molecule has 0 aromatic heterocycles. The molecule has 22 heavy (non-hydrogen) atoms. The highest BCUT2D eigenvalue weighted by Crippen LogP contribution is 2.38. The van der Waals surface area contributed by atoms with Gasteiger partial charge in [-0.1, -0.05) is 32.0 Å². The number of methoxy groups -OCH3 is 1. The van der Waals surface area contributed by atoms with Crippen molar-refractivity contribution in [2.75, 3.05) is 7.11 Å². The molecule has 1 unspecified atom stereocenters. The van der Waals surface area contributed by atoms with Crippen molar-refractivity contribution >= 4 is 5.84 Å². The summed E-state index contributed by atoms with van der Waals surface area (Å²) in [6.07, 6.45) is 1.45. The number of nitrogens with one attached hydrogen (secondary N) is 1. The number of nitriles is 1. The lowest BCUT2D eigenvalue weighted by molar-refractivity contribution is -0.410. The first-order valence-electron chi connectivity index (χ1n) is 7.13. The molecule has 0 amide bonds. The van der Waals surface area contributed by atoms with Gasteiger partial charge in [0.05, 0.1) is 30.2 Å². The fourth-order valence-corrected chi connectivity index (χ4v) is 2.75. The summed E-state index contributed by atoms with van der Waals surface area (Å²) in [5.41, 5.74) is 14.9. The fourth-order valence-electron chi connectivity index (χ4n) is 2.75. The average Bonchev–Trinajstić information content (AvgIpc) is 2.53. The van der Waals surface area contributed by atoms with E-state index in [1.165, 1.54) is 6.20 Å². The number of amidine groups is 1. The van der Waals surface area contributed by atoms with Gasteiger partial charge in [-0.05, 0) is 6.07 Å². The van der Waals surface area contributed by atoms with E-state index in [0.717, 1.165) is 11.3 Å². The molecule has 1 atom stereocenters. The zero-order valence-corrected chi connectivity index (χ0v) is 13.1. The SMILES string of the molecule is COc1ccccc1C1C(C#N)=C(C(C)C)[NH+]=C(N)/C1=C\N. The van der Waals surface area contributed by atoms with Crippen molar-refractivity contribution in [3.63, 3.8) is 0 Å². The summed E-state index contributed by atoms with van der Waals surface area (Å²) in [4.78, 5) is 3.12. The van der Waals surface area contributed by atoms with Crippen LogP contribution in [0.3, 0.4) is 0 Å². The highest BCUT2D eigenvalue weighted by Gasteiger charge is 2.36. The Morgan fingerprint density at radius 1 is 1.36 bits per heavy atom. The molecule has 0 aliphatic carbocycles. The maximum Gasteiger partial charge on any atom is 0.276 e. The van der Waals surface area contributed by atoms with Crippen molar-refractivity contribution in [1.82, 2.24) is 0 Å². The number of allylic oxidation sites excluding steroid dienone is 2. The lowest BCUT2D eigenvalue weighted by Gasteiger charge is -2.25. The van der Waals surface area contributed by atoms with Crippen molar-refractivity contribution < 1.29 is 9.73 Å². The topological polar surface area (TPSA) is 99.0 Å². The number of ether oxygens (including phenoxy) is 1. The van der Waals surface area contributed by atoms with Gasteiger partial charge in [-0.25, -0.2) is 4.99 Å². The first-order valence-corrected chi connectivity index (χ1v) is 7.13. The molecule has 1 aromatic rings. The Morgan fingerprint density at radius 2 is 2.05 bits per heavy atom. The van der Waals surface area contributed by atoms with Crippen molar-refractivity contribution in [2.24, 2.45) is 17.4 Å². The van der Waals surface area contributed by atoms with Crippen LogP contribution in [0.2, 0.25) is 0 Å². The van der Waals surface area contributed by atoms with E-state index in [1.54, 1.807) is 7.11 Å². The van der Waals surface area contributed by atoms with E-state index in [2.05, 4.69) is 11.1 Å². The standard InChI is InChI=1S/C17H20N4O/c1-10(2)16-12(8-18)15(13(9-19)17(20)21-16)11-6-4-5-7-14(11)22-3/h4-7,9-10,15H,19H2,1-3H3,(H2,20,21)/p+1/b13-9-. The minimum atomic E-state index is -0.329. The van der Waals surface area contributed by atoms with Crippen molar-refractivity contribution in [3.05, 3.63) is 52.9 Å². The van der Waals surface area contributed by atoms with E-state index in [0.29, 0.717) is 22.7 Å². The Morgan fingerprint density at radius 3 is 2.59 bits per heavy atom. The average molecular weight is 297 g/mol. The Kier molecular flexibility index (Phi) is 4.52. The molecule has 1 heterocycles. The molecule has 5 heteroatoms. The highest BCUT2D eigenvalue weighted by molar-refractivity contribution is 5.96. The van der Waals surface area contributed by atoms with Gasteiger partial charge in [-0.2, -0.15) is 5.26 Å². The molecule has 2 rings (SSSR count). The third-order valence-corrected chi connectivity index (χ3v) is 3.80. The normalized spacial score (nSPS) is 20.0. The van der Waals surface area contributed by atoms with Crippen molar-refractivity contribution in [3.8, 4) is 11.8 Å². The van der Waals surface area contributed by atoms with Gasteiger partial charge < -0.3 is 10.5 Å². The molecule has 1 aliphatic rings. The molecular formula is C17H21N4O+. The second-order valence-corrected chi connectivity index (χ2v) is 5.43. The summed E-state index contributed by atoms with van der Waals surface area (Å²) in [6.45, 7) is 4.03. The maximum atomic E-state index is 9.70. The van der Waals surface area contributed by atoms with Crippen LogP contribution in [0, 0.1) is 17.2 Å². The molecule has 5 N–H and O–H groups in total. The van der Waals surface area contributed by atoms with Crippen LogP contribution in [0.15, 0.2) is 47.3 Å². The van der Waals surface area contributed by atoms with Gasteiger partial charge in [0.25, 0.3) is 5.84 Å². The fraction of sp³-hybridized carbons (Fsp3) is 0.294. The van der Waals surface area contributed by atoms with Crippen molar-refractivity contribution in [2.45, 2.75) is 19.8 Å². The summed E-state index contributed by atoms with van der Waals surface area (Å²) < 4.78 is 5.44. The molecule has 0 saturated heterocycles. The molecule has 0 saturated carbocycles. The van der Waals surface area contributed by atoms with E-state index >= 15 is 0 Å². The first kappa shape index (κ1) is 15.6. The smallest absolute Gasteiger partial charge is 0.276 e. The van der Waals surface area contributed by atoms with Gasteiger partial charge in [-0.15, -0.1) is 0 Å². The zero-order chi connectivity index (χ0) is 16.3. The number of hydrogen-bond acceptors (Lipinski definition) is 4. The Bertz CT molecular complexity index is 708. The van der Waals surface area contributed by atoms with Crippen LogP contribution in [-0.2, 0) is 0 Å². The second-order valence-electron chi connectivity index (χ2n) is 5.43. The molecule has 5 nitrogen and oxygen atoms in total. The molecule has 0 fully saturated rings. The summed E-state index contributed by atoms with van der Waals surface area (Å²) >= 11 is 0. The van der Waals surface area contributed by atoms with E-state index in [4.69, 9.17) is 16.2 Å². The lowest BCUT2D eigenvalue weighted by Crippen LogP contribution is -2.77. The van der Waals surface area contributed by atoms with E-state index in [-0.39, 0.29) is 11.8 Å². The van der Waals surface area contributed by atoms with Gasteiger partial charge in [0, 0.05) is 17.7 Å². The van der Waals surface area contributed by atoms with Gasteiger partial charge in [-0.3, -0.25) is 5.73 Å². The lowest BCUT2D eigenvalue weighted by atomic mass is 9.80. The third-order valence-electron chi connectivity index (χ3n) is 3.80. The van der Waals surface area contributed by atoms with E-state index in [1.807, 2.05) is 38.1 Å². The number of rotatable bonds is 3. The van der Waals surface area contributed by atoms with Gasteiger partial charge in [0.1, 0.15) is 11.4 Å². The summed E-state index contributed by atoms with van der Waals surface area (Å²) in [7, 11) is 1.61. The van der Waals surface area contributed by atoms with Gasteiger partial charge in [0.15, 0.2) is 0 Å². The summed E-state index contributed by atoms with van der Waals surface area (Å²) in [5, 5.41) is 9.70. The predicted molar refractivity (Wildman–Crippen MR) is 85.6 cm³/mol. The summed E-state index contributed by atoms with van der Waals surface area (Å²) in [5.74, 6) is 0.994. The minimum absolute atomic E-state index is 0.143. The number of benzene rings is 1. The van der Waals surface area contributed by atoms with Gasteiger partial charge in [0.2, 0.25) is 0 Å². The number of nitrogens with two attached hydrogens (primary N) is 2. The van der Waals surface area contributed by atoms with E-state index in [9.17, 15) is 5.26 Å². The molecule has 0 bridgehead atoms. The Labute approximate surface area is 130 Å². The highest BCUT2D eigenvalue weighted by atomic mass is 16.5. The van der Waals surface area contributed by atoms with Gasteiger partial charge >= 0.3 is 0 Å². The largest absolute Gasteiger partial charge is 0.496 e. The molecule has 114 valence electrons. The van der Waals surface area contributed by atoms with Crippen LogP contribution in [0.4, 0.5) is 0 Å². The number of nitrogens with zero attached hydrogens (tertiary/aromatic N) is 1. The molecular weight excluding hydrogens is 276 g/mol. The Hall–Kier alpha value is -2.74. The summed E-state index contributed by atoms with van der Waals surface area (Å²) in [6, 6.07) is 9.92. The monoisotopic (exact) mass is 297 g/mol. The number of para-hydroxylation sites is 1.